The van der Waals surface area contributed by atoms with E-state index in [0.717, 1.165) is 25.1 Å². The van der Waals surface area contributed by atoms with E-state index in [1.807, 2.05) is 29.2 Å². The molecule has 0 saturated carbocycles. The van der Waals surface area contributed by atoms with E-state index in [0.29, 0.717) is 24.9 Å². The van der Waals surface area contributed by atoms with Gasteiger partial charge in [-0.25, -0.2) is 0 Å². The molecule has 4 nitrogen and oxygen atoms in total. The van der Waals surface area contributed by atoms with E-state index < -0.39 is 0 Å². The number of amides is 1. The molecule has 1 aliphatic rings. The van der Waals surface area contributed by atoms with Crippen LogP contribution in [0.15, 0.2) is 24.3 Å². The van der Waals surface area contributed by atoms with Crippen molar-refractivity contribution in [1.29, 1.82) is 0 Å². The number of ether oxygens (including phenoxy) is 1. The first kappa shape index (κ1) is 17.8. The number of methoxy groups -OCH3 is 1. The molecule has 0 aromatic heterocycles. The second-order valence-corrected chi connectivity index (χ2v) is 5.58. The highest BCUT2D eigenvalue weighted by Crippen LogP contribution is 2.23. The molecule has 21 heavy (non-hydrogen) atoms. The minimum atomic E-state index is 0. The van der Waals surface area contributed by atoms with Crippen molar-refractivity contribution < 1.29 is 9.53 Å². The Bertz CT molecular complexity index is 450. The molecule has 2 atom stereocenters. The van der Waals surface area contributed by atoms with E-state index in [9.17, 15) is 4.79 Å². The van der Waals surface area contributed by atoms with Crippen LogP contribution in [0.2, 0.25) is 0 Å². The monoisotopic (exact) mass is 312 g/mol. The number of halogens is 1. The summed E-state index contributed by atoms with van der Waals surface area (Å²) >= 11 is 0. The lowest BCUT2D eigenvalue weighted by atomic mass is 10.1. The first-order valence-corrected chi connectivity index (χ1v) is 7.26. The van der Waals surface area contributed by atoms with Crippen LogP contribution in [-0.4, -0.2) is 37.0 Å². The number of likely N-dealkylation sites (tertiary alicyclic amines) is 1. The third kappa shape index (κ3) is 4.61. The van der Waals surface area contributed by atoms with Gasteiger partial charge in [0.1, 0.15) is 5.75 Å². The summed E-state index contributed by atoms with van der Waals surface area (Å²) < 4.78 is 5.13. The second-order valence-electron chi connectivity index (χ2n) is 5.58. The van der Waals surface area contributed by atoms with E-state index in [1.165, 1.54) is 5.56 Å². The zero-order valence-electron chi connectivity index (χ0n) is 12.7. The molecule has 1 saturated heterocycles. The quantitative estimate of drug-likeness (QED) is 0.907. The summed E-state index contributed by atoms with van der Waals surface area (Å²) in [5.74, 6) is 1.55. The number of carbonyl (C=O) groups excluding carboxylic acids is 1. The van der Waals surface area contributed by atoms with E-state index in [2.05, 4.69) is 6.92 Å². The Hall–Kier alpha value is -1.26. The molecule has 1 aromatic carbocycles. The van der Waals surface area contributed by atoms with Crippen molar-refractivity contribution in [1.82, 2.24) is 4.90 Å². The Morgan fingerprint density at radius 1 is 1.38 bits per heavy atom. The standard InChI is InChI=1S/C16H24N2O2.ClH/c1-12-9-14(10-17)11-18(12)16(19)8-5-13-3-6-15(20-2)7-4-13;/h3-4,6-7,12,14H,5,8-11,17H2,1-2H3;1H. The van der Waals surface area contributed by atoms with Crippen LogP contribution in [0.4, 0.5) is 0 Å². The van der Waals surface area contributed by atoms with Gasteiger partial charge in [0.2, 0.25) is 5.91 Å². The van der Waals surface area contributed by atoms with Crippen LogP contribution < -0.4 is 10.5 Å². The average molecular weight is 313 g/mol. The van der Waals surface area contributed by atoms with Gasteiger partial charge in [-0.15, -0.1) is 12.4 Å². The van der Waals surface area contributed by atoms with E-state index in [1.54, 1.807) is 7.11 Å². The van der Waals surface area contributed by atoms with Crippen molar-refractivity contribution in [3.63, 3.8) is 0 Å². The van der Waals surface area contributed by atoms with Gasteiger partial charge in [-0.1, -0.05) is 12.1 Å². The van der Waals surface area contributed by atoms with Crippen molar-refractivity contribution in [2.45, 2.75) is 32.2 Å². The highest BCUT2D eigenvalue weighted by atomic mass is 35.5. The van der Waals surface area contributed by atoms with E-state index >= 15 is 0 Å². The Morgan fingerprint density at radius 3 is 2.57 bits per heavy atom. The SMILES string of the molecule is COc1ccc(CCC(=O)N2CC(CN)CC2C)cc1.Cl. The lowest BCUT2D eigenvalue weighted by molar-refractivity contribution is -0.131. The van der Waals surface area contributed by atoms with Gasteiger partial charge in [-0.3, -0.25) is 4.79 Å². The van der Waals surface area contributed by atoms with Crippen LogP contribution in [0.5, 0.6) is 5.75 Å². The molecule has 0 radical (unpaired) electrons. The van der Waals surface area contributed by atoms with Crippen molar-refractivity contribution in [2.75, 3.05) is 20.2 Å². The fourth-order valence-electron chi connectivity index (χ4n) is 2.85. The maximum Gasteiger partial charge on any atom is 0.223 e. The molecule has 0 spiro atoms. The predicted molar refractivity (Wildman–Crippen MR) is 86.9 cm³/mol. The van der Waals surface area contributed by atoms with Gasteiger partial charge in [0.25, 0.3) is 0 Å². The molecule has 1 fully saturated rings. The zero-order chi connectivity index (χ0) is 14.5. The van der Waals surface area contributed by atoms with Crippen LogP contribution >= 0.6 is 12.4 Å². The molecule has 1 heterocycles. The van der Waals surface area contributed by atoms with Crippen LogP contribution in [0.3, 0.4) is 0 Å². The Morgan fingerprint density at radius 2 is 2.05 bits per heavy atom. The third-order valence-electron chi connectivity index (χ3n) is 4.10. The number of nitrogens with two attached hydrogens (primary N) is 1. The van der Waals surface area contributed by atoms with Gasteiger partial charge in [-0.2, -0.15) is 0 Å². The molecular weight excluding hydrogens is 288 g/mol. The second kappa shape index (κ2) is 8.25. The summed E-state index contributed by atoms with van der Waals surface area (Å²) in [6.07, 6.45) is 2.37. The number of hydrogen-bond acceptors (Lipinski definition) is 3. The molecule has 0 aliphatic carbocycles. The number of rotatable bonds is 5. The van der Waals surface area contributed by atoms with E-state index in [4.69, 9.17) is 10.5 Å². The largest absolute Gasteiger partial charge is 0.497 e. The smallest absolute Gasteiger partial charge is 0.223 e. The maximum atomic E-state index is 12.3. The fourth-order valence-corrected chi connectivity index (χ4v) is 2.85. The van der Waals surface area contributed by atoms with Crippen LogP contribution in [0.25, 0.3) is 0 Å². The molecule has 1 amide bonds. The minimum absolute atomic E-state index is 0. The van der Waals surface area contributed by atoms with Crippen LogP contribution in [0, 0.1) is 5.92 Å². The molecule has 2 unspecified atom stereocenters. The van der Waals surface area contributed by atoms with Crippen molar-refractivity contribution >= 4 is 18.3 Å². The van der Waals surface area contributed by atoms with Gasteiger partial charge >= 0.3 is 0 Å². The number of aryl methyl sites for hydroxylation is 1. The summed E-state index contributed by atoms with van der Waals surface area (Å²) in [5, 5.41) is 0. The number of benzene rings is 1. The molecule has 2 N–H and O–H groups in total. The Kier molecular flexibility index (Phi) is 6.99. The lowest BCUT2D eigenvalue weighted by Gasteiger charge is -2.21. The number of carbonyl (C=O) groups is 1. The fraction of sp³-hybridized carbons (Fsp3) is 0.562. The van der Waals surface area contributed by atoms with Crippen molar-refractivity contribution in [2.24, 2.45) is 11.7 Å². The first-order chi connectivity index (χ1) is 9.63. The van der Waals surface area contributed by atoms with Crippen molar-refractivity contribution in [3.05, 3.63) is 29.8 Å². The topological polar surface area (TPSA) is 55.6 Å². The normalized spacial score (nSPS) is 21.0. The molecule has 1 aromatic rings. The molecule has 1 aliphatic heterocycles. The molecular formula is C16H25ClN2O2. The first-order valence-electron chi connectivity index (χ1n) is 7.26. The summed E-state index contributed by atoms with van der Waals surface area (Å²) in [6, 6.07) is 8.22. The van der Waals surface area contributed by atoms with E-state index in [-0.39, 0.29) is 18.3 Å². The molecule has 118 valence electrons. The van der Waals surface area contributed by atoms with Crippen LogP contribution in [0.1, 0.15) is 25.3 Å². The van der Waals surface area contributed by atoms with Gasteiger partial charge in [0, 0.05) is 19.0 Å². The summed E-state index contributed by atoms with van der Waals surface area (Å²) in [6.45, 7) is 3.60. The maximum absolute atomic E-state index is 12.3. The number of nitrogens with zero attached hydrogens (tertiary/aromatic N) is 1. The van der Waals surface area contributed by atoms with Crippen molar-refractivity contribution in [3.8, 4) is 5.75 Å². The average Bonchev–Trinajstić information content (AvgIpc) is 2.86. The number of hydrogen-bond donors (Lipinski definition) is 1. The summed E-state index contributed by atoms with van der Waals surface area (Å²) in [5.41, 5.74) is 6.87. The summed E-state index contributed by atoms with van der Waals surface area (Å²) in [7, 11) is 1.65. The van der Waals surface area contributed by atoms with Crippen LogP contribution in [-0.2, 0) is 11.2 Å². The Balaban J connectivity index is 0.00000220. The zero-order valence-corrected chi connectivity index (χ0v) is 13.6. The predicted octanol–water partition coefficient (Wildman–Crippen LogP) is 2.25. The molecule has 2 rings (SSSR count). The van der Waals surface area contributed by atoms with Gasteiger partial charge in [0.15, 0.2) is 0 Å². The highest BCUT2D eigenvalue weighted by Gasteiger charge is 2.30. The molecule has 0 bridgehead atoms. The highest BCUT2D eigenvalue weighted by molar-refractivity contribution is 5.85. The lowest BCUT2D eigenvalue weighted by Crippen LogP contribution is -2.34. The van der Waals surface area contributed by atoms with Gasteiger partial charge < -0.3 is 15.4 Å². The molecule has 5 heteroatoms. The minimum Gasteiger partial charge on any atom is -0.497 e. The third-order valence-corrected chi connectivity index (χ3v) is 4.10. The summed E-state index contributed by atoms with van der Waals surface area (Å²) in [4.78, 5) is 14.3. The van der Waals surface area contributed by atoms with Gasteiger partial charge in [-0.05, 0) is 49.9 Å². The van der Waals surface area contributed by atoms with Gasteiger partial charge in [0.05, 0.1) is 7.11 Å². The Labute approximate surface area is 133 Å².